The second kappa shape index (κ2) is 18.0. The molecule has 324 valence electrons. The zero-order valence-electron chi connectivity index (χ0n) is 38.6. The summed E-state index contributed by atoms with van der Waals surface area (Å²) >= 11 is 1.42. The molecule has 0 bridgehead atoms. The molecular weight excluding hydrogens is 809 g/mol. The van der Waals surface area contributed by atoms with Crippen LogP contribution in [0, 0.1) is 27.7 Å². The summed E-state index contributed by atoms with van der Waals surface area (Å²) in [6.07, 6.45) is 2.74. The molecule has 0 unspecified atom stereocenters. The second-order valence-corrected chi connectivity index (χ2v) is 22.9. The molecule has 6 rings (SSSR count). The Bertz CT molecular complexity index is 2000. The third-order valence-corrected chi connectivity index (χ3v) is 12.6. The van der Waals surface area contributed by atoms with Gasteiger partial charge in [0, 0.05) is 0 Å². The van der Waals surface area contributed by atoms with Crippen LogP contribution in [-0.2, 0) is 56.5 Å². The average Bonchev–Trinajstić information content (AvgIpc) is 3.19. The molecule has 0 radical (unpaired) electrons. The Labute approximate surface area is 368 Å². The number of hydrogen-bond acceptors (Lipinski definition) is 9. The van der Waals surface area contributed by atoms with E-state index in [1.807, 2.05) is 52.0 Å². The van der Waals surface area contributed by atoms with E-state index in [0.29, 0.717) is 48.7 Å². The average molecular weight is 875 g/mol. The Hall–Kier alpha value is -3.05. The number of phosphoric ester groups is 2. The molecule has 9 nitrogen and oxygen atoms in total. The molecule has 2 heterocycles. The Morgan fingerprint density at radius 2 is 0.583 bits per heavy atom. The van der Waals surface area contributed by atoms with Crippen molar-refractivity contribution in [3.63, 3.8) is 0 Å². The molecule has 2 aliphatic rings. The van der Waals surface area contributed by atoms with Crippen molar-refractivity contribution in [3.8, 4) is 23.0 Å². The SMILES string of the molecule is Cc1cc(C(C)(C)C)cc2c1OP(=O)([O-])Oc1c(C)cc(C(C)(C)C)cc1CC2.Cc1cc(C(C)(C)C)cc2c1OP(=O)([O-])Oc1c(C)cc(C(C)(C)C)cc1CC2.[OH][Al+2]. The molecule has 1 N–H and O–H groups in total. The molecule has 2 aliphatic heterocycles. The first-order valence-corrected chi connectivity index (χ1v) is 24.0. The van der Waals surface area contributed by atoms with Gasteiger partial charge in [0.25, 0.3) is 0 Å². The maximum atomic E-state index is 12.8. The zero-order valence-corrected chi connectivity index (χ0v) is 41.6. The second-order valence-electron chi connectivity index (χ2n) is 20.4. The van der Waals surface area contributed by atoms with Crippen molar-refractivity contribution in [2.75, 3.05) is 0 Å². The molecule has 4 aromatic rings. The summed E-state index contributed by atoms with van der Waals surface area (Å²) in [7, 11) is -9.13. The van der Waals surface area contributed by atoms with E-state index >= 15 is 0 Å². The molecule has 0 aliphatic carbocycles. The minimum absolute atomic E-state index is 0.0379. The molecule has 0 spiro atoms. The van der Waals surface area contributed by atoms with Gasteiger partial charge in [0.1, 0.15) is 23.0 Å². The van der Waals surface area contributed by atoms with Gasteiger partial charge in [-0.05, 0) is 142 Å². The monoisotopic (exact) mass is 874 g/mol. The van der Waals surface area contributed by atoms with Crippen LogP contribution in [0.3, 0.4) is 0 Å². The van der Waals surface area contributed by atoms with Gasteiger partial charge < -0.3 is 27.9 Å². The molecule has 0 saturated heterocycles. The van der Waals surface area contributed by atoms with Gasteiger partial charge in [-0.1, -0.05) is 132 Å². The van der Waals surface area contributed by atoms with Crippen molar-refractivity contribution in [3.05, 3.63) is 115 Å². The van der Waals surface area contributed by atoms with Crippen LogP contribution < -0.4 is 27.9 Å². The number of benzene rings is 4. The molecule has 60 heavy (non-hydrogen) atoms. The van der Waals surface area contributed by atoms with E-state index in [-0.39, 0.29) is 21.7 Å². The summed E-state index contributed by atoms with van der Waals surface area (Å²) in [6.45, 7) is 33.4. The van der Waals surface area contributed by atoms with E-state index < -0.39 is 15.6 Å². The van der Waals surface area contributed by atoms with E-state index in [1.54, 1.807) is 0 Å². The standard InChI is InChI=1S/2C24H33O4P.Al.H2O/c2*1-15-11-19(23(3,4)5)13-17-9-10-18-14-20(24(6,7)8)12-16(2)22(18)28-29(25,26)27-21(15)17;;/h2*11-14H,9-10H2,1-8H3,(H,25,26);;1H2/q;;+3;/p-3. The van der Waals surface area contributed by atoms with Gasteiger partial charge in [0.15, 0.2) is 0 Å². The van der Waals surface area contributed by atoms with E-state index in [1.165, 1.54) is 16.6 Å². The van der Waals surface area contributed by atoms with Crippen LogP contribution in [0.25, 0.3) is 0 Å². The number of fused-ring (bicyclic) bond motifs is 4. The molecule has 4 aromatic carbocycles. The molecule has 12 heteroatoms. The first-order chi connectivity index (χ1) is 27.3. The Kier molecular flexibility index (Phi) is 14.9. The summed E-state index contributed by atoms with van der Waals surface area (Å²) < 4.78 is 54.4. The van der Waals surface area contributed by atoms with Crippen molar-refractivity contribution in [2.45, 2.75) is 158 Å². The fraction of sp³-hybridized carbons (Fsp3) is 0.500. The third kappa shape index (κ3) is 12.1. The predicted octanol–water partition coefficient (Wildman–Crippen LogP) is 10.9. The zero-order chi connectivity index (χ0) is 45.6. The van der Waals surface area contributed by atoms with Crippen LogP contribution in [0.2, 0.25) is 0 Å². The number of aryl methyl sites for hydroxylation is 8. The van der Waals surface area contributed by atoms with E-state index in [9.17, 15) is 18.9 Å². The van der Waals surface area contributed by atoms with Crippen LogP contribution in [-0.4, -0.2) is 20.8 Å². The molecule has 0 fully saturated rings. The summed E-state index contributed by atoms with van der Waals surface area (Å²) in [4.78, 5) is 25.5. The summed E-state index contributed by atoms with van der Waals surface area (Å²) in [5.74, 6) is 1.60. The Morgan fingerprint density at radius 3 is 0.733 bits per heavy atom. The van der Waals surface area contributed by atoms with Crippen LogP contribution in [0.5, 0.6) is 23.0 Å². The minimum atomic E-state index is -4.57. The maximum absolute atomic E-state index is 12.8. The van der Waals surface area contributed by atoms with Gasteiger partial charge in [-0.2, -0.15) is 0 Å². The van der Waals surface area contributed by atoms with E-state index in [0.717, 1.165) is 66.8 Å². The first-order valence-electron chi connectivity index (χ1n) is 20.6. The van der Waals surface area contributed by atoms with Gasteiger partial charge in [-0.25, -0.2) is 9.13 Å². The summed E-state index contributed by atoms with van der Waals surface area (Å²) in [5, 5.41) is 0. The fourth-order valence-corrected chi connectivity index (χ4v) is 9.42. The third-order valence-electron chi connectivity index (χ3n) is 11.0. The van der Waals surface area contributed by atoms with Crippen LogP contribution in [0.15, 0.2) is 48.5 Å². The molecule has 0 atom stereocenters. The molecule has 0 amide bonds. The predicted molar refractivity (Wildman–Crippen MR) is 240 cm³/mol. The van der Waals surface area contributed by atoms with Crippen molar-refractivity contribution in [1.82, 2.24) is 0 Å². The van der Waals surface area contributed by atoms with Gasteiger partial charge in [-0.15, -0.1) is 0 Å². The van der Waals surface area contributed by atoms with Crippen molar-refractivity contribution in [2.24, 2.45) is 0 Å². The van der Waals surface area contributed by atoms with E-state index in [4.69, 9.17) is 22.3 Å². The van der Waals surface area contributed by atoms with E-state index in [2.05, 4.69) is 107 Å². The van der Waals surface area contributed by atoms with Gasteiger partial charge in [0.05, 0.1) is 0 Å². The topological polar surface area (TPSA) is 137 Å². The molecule has 0 aromatic heterocycles. The van der Waals surface area contributed by atoms with Gasteiger partial charge in [0.2, 0.25) is 0 Å². The Balaban J connectivity index is 0.000000254. The summed E-state index contributed by atoms with van der Waals surface area (Å²) in [6, 6.07) is 16.3. The van der Waals surface area contributed by atoms with Gasteiger partial charge in [-0.3, -0.25) is 0 Å². The first kappa shape index (κ1) is 49.6. The van der Waals surface area contributed by atoms with Crippen molar-refractivity contribution in [1.29, 1.82) is 0 Å². The summed E-state index contributed by atoms with van der Waals surface area (Å²) in [5.41, 5.74) is 11.4. The molecule has 0 saturated carbocycles. The normalized spacial score (nSPS) is 16.0. The molecular formula is C48H65AlO9P2. The van der Waals surface area contributed by atoms with Gasteiger partial charge >= 0.3 is 36.4 Å². The number of hydrogen-bond donors (Lipinski definition) is 1. The quantitative estimate of drug-likeness (QED) is 0.135. The number of rotatable bonds is 0. The van der Waals surface area contributed by atoms with Crippen molar-refractivity contribution >= 4 is 32.3 Å². The van der Waals surface area contributed by atoms with Crippen LogP contribution >= 0.6 is 15.6 Å². The Morgan fingerprint density at radius 1 is 0.417 bits per heavy atom. The van der Waals surface area contributed by atoms with Crippen molar-refractivity contribution < 1.29 is 41.2 Å². The number of phosphoric acid groups is 2. The van der Waals surface area contributed by atoms with Crippen LogP contribution in [0.1, 0.15) is 150 Å². The van der Waals surface area contributed by atoms with Crippen LogP contribution in [0.4, 0.5) is 0 Å². The fourth-order valence-electron chi connectivity index (χ4n) is 7.41.